The van der Waals surface area contributed by atoms with Crippen LogP contribution in [0.15, 0.2) is 95.1 Å². The summed E-state index contributed by atoms with van der Waals surface area (Å²) in [5.74, 6) is -1.71. The number of nitrogens with zero attached hydrogens (tertiary/aromatic N) is 2. The fourth-order valence-corrected chi connectivity index (χ4v) is 4.02. The summed E-state index contributed by atoms with van der Waals surface area (Å²) >= 11 is 11.7. The Kier molecular flexibility index (Phi) is 12.0. The minimum Gasteiger partial charge on any atom is -0.493 e. The summed E-state index contributed by atoms with van der Waals surface area (Å²) in [5, 5.41) is 8.66. The van der Waals surface area contributed by atoms with E-state index < -0.39 is 30.2 Å². The number of carbonyl (C=O) groups is 4. The molecule has 0 aromatic heterocycles. The second-order valence-corrected chi connectivity index (χ2v) is 10.2. The minimum absolute atomic E-state index is 0.179. The third-order valence-corrected chi connectivity index (χ3v) is 6.57. The van der Waals surface area contributed by atoms with Crippen LogP contribution in [0.5, 0.6) is 23.0 Å². The number of hydrazone groups is 2. The second kappa shape index (κ2) is 16.5. The van der Waals surface area contributed by atoms with Gasteiger partial charge in [0.1, 0.15) is 6.42 Å². The minimum atomic E-state index is -0.692. The monoisotopic (exact) mass is 676 g/mol. The molecule has 14 heteroatoms. The molecule has 0 aliphatic heterocycles. The molecule has 2 N–H and O–H groups in total. The van der Waals surface area contributed by atoms with Gasteiger partial charge in [0.15, 0.2) is 23.0 Å². The van der Waals surface area contributed by atoms with Crippen molar-refractivity contribution >= 4 is 59.4 Å². The fourth-order valence-electron chi connectivity index (χ4n) is 3.77. The predicted octanol–water partition coefficient (Wildman–Crippen LogP) is 5.44. The smallest absolute Gasteiger partial charge is 0.343 e. The number of benzene rings is 4. The van der Waals surface area contributed by atoms with E-state index in [2.05, 4.69) is 21.1 Å². The standard InChI is InChI=1S/C33H26Cl2N4O8/c1-44-28-15-20(3-13-26(28)46-32(42)22-5-9-24(34)10-6-22)18-36-38-30(40)17-31(41)39-37-19-21-4-14-27(29(16-21)45-2)47-33(43)23-7-11-25(35)12-8-23/h3-16,18-19H,17H2,1-2H3,(H,38,40)(H,39,41). The van der Waals surface area contributed by atoms with Crippen LogP contribution in [0.4, 0.5) is 0 Å². The molecule has 0 fully saturated rings. The summed E-state index contributed by atoms with van der Waals surface area (Å²) < 4.78 is 21.4. The number of hydrogen-bond acceptors (Lipinski definition) is 10. The molecule has 4 rings (SSSR count). The van der Waals surface area contributed by atoms with Gasteiger partial charge in [0.2, 0.25) is 11.8 Å². The van der Waals surface area contributed by atoms with Crippen LogP contribution < -0.4 is 29.8 Å². The summed E-state index contributed by atoms with van der Waals surface area (Å²) in [6.07, 6.45) is 2.09. The normalized spacial score (nSPS) is 10.8. The van der Waals surface area contributed by atoms with Crippen molar-refractivity contribution in [1.82, 2.24) is 10.9 Å². The first kappa shape index (κ1) is 34.2. The van der Waals surface area contributed by atoms with Gasteiger partial charge in [-0.25, -0.2) is 20.4 Å². The zero-order chi connectivity index (χ0) is 33.8. The topological polar surface area (TPSA) is 154 Å². The summed E-state index contributed by atoms with van der Waals surface area (Å²) in [6.45, 7) is 0. The highest BCUT2D eigenvalue weighted by Crippen LogP contribution is 2.29. The first-order valence-corrected chi connectivity index (χ1v) is 14.4. The molecule has 0 aliphatic rings. The van der Waals surface area contributed by atoms with Gasteiger partial charge >= 0.3 is 11.9 Å². The molecule has 0 spiro atoms. The van der Waals surface area contributed by atoms with Gasteiger partial charge in [-0.05, 0) is 96.1 Å². The number of amides is 2. The van der Waals surface area contributed by atoms with Crippen molar-refractivity contribution in [3.8, 4) is 23.0 Å². The summed E-state index contributed by atoms with van der Waals surface area (Å²) in [7, 11) is 2.82. The van der Waals surface area contributed by atoms with Crippen LogP contribution in [-0.4, -0.2) is 50.4 Å². The number of nitrogens with one attached hydrogen (secondary N) is 2. The van der Waals surface area contributed by atoms with E-state index in [1.165, 1.54) is 63.0 Å². The van der Waals surface area contributed by atoms with Crippen molar-refractivity contribution in [2.75, 3.05) is 14.2 Å². The largest absolute Gasteiger partial charge is 0.493 e. The Morgan fingerprint density at radius 3 is 1.34 bits per heavy atom. The quantitative estimate of drug-likeness (QED) is 0.0661. The Labute approximate surface area is 278 Å². The molecule has 0 saturated carbocycles. The number of halogens is 2. The van der Waals surface area contributed by atoms with Crippen LogP contribution >= 0.6 is 23.2 Å². The molecule has 4 aromatic carbocycles. The third kappa shape index (κ3) is 10.1. The van der Waals surface area contributed by atoms with E-state index >= 15 is 0 Å². The summed E-state index contributed by atoms with van der Waals surface area (Å²) in [4.78, 5) is 49.2. The highest BCUT2D eigenvalue weighted by atomic mass is 35.5. The molecule has 12 nitrogen and oxygen atoms in total. The van der Waals surface area contributed by atoms with Gasteiger partial charge in [0.25, 0.3) is 0 Å². The van der Waals surface area contributed by atoms with E-state index in [0.29, 0.717) is 32.3 Å². The van der Waals surface area contributed by atoms with E-state index in [9.17, 15) is 19.2 Å². The van der Waals surface area contributed by atoms with E-state index in [4.69, 9.17) is 42.1 Å². The maximum Gasteiger partial charge on any atom is 0.343 e. The molecule has 0 saturated heterocycles. The number of hydrogen-bond donors (Lipinski definition) is 2. The lowest BCUT2D eigenvalue weighted by atomic mass is 10.2. The van der Waals surface area contributed by atoms with Gasteiger partial charge in [-0.15, -0.1) is 0 Å². The third-order valence-electron chi connectivity index (χ3n) is 6.07. The molecule has 0 bridgehead atoms. The first-order valence-electron chi connectivity index (χ1n) is 13.6. The fraction of sp³-hybridized carbons (Fsp3) is 0.0909. The van der Waals surface area contributed by atoms with Gasteiger partial charge in [-0.3, -0.25) is 9.59 Å². The lowest BCUT2D eigenvalue weighted by molar-refractivity contribution is -0.129. The van der Waals surface area contributed by atoms with Crippen LogP contribution in [-0.2, 0) is 9.59 Å². The van der Waals surface area contributed by atoms with Crippen LogP contribution in [0.2, 0.25) is 10.0 Å². The van der Waals surface area contributed by atoms with Gasteiger partial charge in [-0.1, -0.05) is 23.2 Å². The van der Waals surface area contributed by atoms with Gasteiger partial charge in [-0.2, -0.15) is 10.2 Å². The molecule has 0 atom stereocenters. The summed E-state index contributed by atoms with van der Waals surface area (Å²) in [6, 6.07) is 21.8. The number of carbonyl (C=O) groups excluding carboxylic acids is 4. The maximum absolute atomic E-state index is 12.4. The van der Waals surface area contributed by atoms with Crippen molar-refractivity contribution in [1.29, 1.82) is 0 Å². The van der Waals surface area contributed by atoms with E-state index in [-0.39, 0.29) is 23.0 Å². The second-order valence-electron chi connectivity index (χ2n) is 9.38. The van der Waals surface area contributed by atoms with Crippen molar-refractivity contribution in [2.45, 2.75) is 6.42 Å². The Hall–Kier alpha value is -5.72. The average Bonchev–Trinajstić information content (AvgIpc) is 3.06. The number of methoxy groups -OCH3 is 2. The van der Waals surface area contributed by atoms with E-state index in [0.717, 1.165) is 0 Å². The lowest BCUT2D eigenvalue weighted by Crippen LogP contribution is -2.27. The summed E-state index contributed by atoms with van der Waals surface area (Å²) in [5.41, 5.74) is 6.15. The van der Waals surface area contributed by atoms with Crippen molar-refractivity contribution < 1.29 is 38.1 Å². The molecule has 0 aliphatic carbocycles. The number of esters is 2. The van der Waals surface area contributed by atoms with Gasteiger partial charge in [0, 0.05) is 10.0 Å². The van der Waals surface area contributed by atoms with Gasteiger partial charge in [0.05, 0.1) is 37.8 Å². The zero-order valence-corrected chi connectivity index (χ0v) is 26.4. The van der Waals surface area contributed by atoms with Crippen LogP contribution in [0, 0.1) is 0 Å². The molecular weight excluding hydrogens is 651 g/mol. The molecule has 47 heavy (non-hydrogen) atoms. The Balaban J connectivity index is 1.25. The molecule has 0 heterocycles. The highest BCUT2D eigenvalue weighted by molar-refractivity contribution is 6.31. The Morgan fingerprint density at radius 1 is 0.596 bits per heavy atom. The Bertz CT molecular complexity index is 1690. The SMILES string of the molecule is COc1cc(C=NNC(=O)CC(=O)NN=Cc2ccc(OC(=O)c3ccc(Cl)cc3)c(OC)c2)ccc1OC(=O)c1ccc(Cl)cc1. The maximum atomic E-state index is 12.4. The Morgan fingerprint density at radius 2 is 0.979 bits per heavy atom. The predicted molar refractivity (Wildman–Crippen MR) is 175 cm³/mol. The van der Waals surface area contributed by atoms with Gasteiger partial charge < -0.3 is 18.9 Å². The molecular formula is C33H26Cl2N4O8. The molecule has 4 aromatic rings. The molecule has 0 radical (unpaired) electrons. The first-order chi connectivity index (χ1) is 22.6. The van der Waals surface area contributed by atoms with Crippen molar-refractivity contribution in [2.24, 2.45) is 10.2 Å². The molecule has 240 valence electrons. The van der Waals surface area contributed by atoms with Crippen LogP contribution in [0.25, 0.3) is 0 Å². The number of rotatable bonds is 12. The van der Waals surface area contributed by atoms with Crippen molar-refractivity contribution in [3.63, 3.8) is 0 Å². The number of ether oxygens (including phenoxy) is 4. The average molecular weight is 677 g/mol. The van der Waals surface area contributed by atoms with Crippen molar-refractivity contribution in [3.05, 3.63) is 117 Å². The lowest BCUT2D eigenvalue weighted by Gasteiger charge is -2.10. The molecule has 2 amide bonds. The molecule has 0 unspecified atom stereocenters. The highest BCUT2D eigenvalue weighted by Gasteiger charge is 2.15. The van der Waals surface area contributed by atoms with Crippen LogP contribution in [0.1, 0.15) is 38.3 Å². The zero-order valence-electron chi connectivity index (χ0n) is 24.9. The van der Waals surface area contributed by atoms with E-state index in [1.54, 1.807) is 48.5 Å². The van der Waals surface area contributed by atoms with E-state index in [1.807, 2.05) is 0 Å². The van der Waals surface area contributed by atoms with Crippen LogP contribution in [0.3, 0.4) is 0 Å².